The maximum absolute atomic E-state index is 6.36. The molecule has 0 saturated heterocycles. The smallest absolute Gasteiger partial charge is 0.138 e. The van der Waals surface area contributed by atoms with Crippen LogP contribution in [0.15, 0.2) is 36.4 Å². The van der Waals surface area contributed by atoms with Crippen LogP contribution in [-0.4, -0.2) is 14.2 Å². The molecule has 1 N–H and O–H groups in total. The molecular formula is C16H17Cl2NO. The van der Waals surface area contributed by atoms with E-state index in [0.29, 0.717) is 15.8 Å². The summed E-state index contributed by atoms with van der Waals surface area (Å²) in [4.78, 5) is 0. The van der Waals surface area contributed by atoms with Crippen molar-refractivity contribution < 1.29 is 4.74 Å². The monoisotopic (exact) mass is 309 g/mol. The van der Waals surface area contributed by atoms with E-state index in [-0.39, 0.29) is 6.04 Å². The Kier molecular flexibility index (Phi) is 4.92. The fourth-order valence-electron chi connectivity index (χ4n) is 2.18. The number of methoxy groups -OCH3 is 1. The molecule has 0 aliphatic carbocycles. The zero-order valence-corrected chi connectivity index (χ0v) is 13.2. The highest BCUT2D eigenvalue weighted by Crippen LogP contribution is 2.36. The Morgan fingerprint density at radius 1 is 1.05 bits per heavy atom. The molecule has 0 aliphatic rings. The van der Waals surface area contributed by atoms with Gasteiger partial charge in [-0.25, -0.2) is 0 Å². The van der Waals surface area contributed by atoms with E-state index < -0.39 is 0 Å². The summed E-state index contributed by atoms with van der Waals surface area (Å²) in [7, 11) is 3.48. The van der Waals surface area contributed by atoms with Crippen molar-refractivity contribution in [2.24, 2.45) is 0 Å². The molecule has 1 atom stereocenters. The Morgan fingerprint density at radius 2 is 1.70 bits per heavy atom. The molecule has 2 aromatic rings. The molecule has 2 nitrogen and oxygen atoms in total. The van der Waals surface area contributed by atoms with Crippen LogP contribution in [0.4, 0.5) is 0 Å². The van der Waals surface area contributed by atoms with Crippen molar-refractivity contribution in [2.75, 3.05) is 14.2 Å². The van der Waals surface area contributed by atoms with Crippen LogP contribution >= 0.6 is 23.2 Å². The number of hydrogen-bond donors (Lipinski definition) is 1. The summed E-state index contributed by atoms with van der Waals surface area (Å²) >= 11 is 12.6. The van der Waals surface area contributed by atoms with Gasteiger partial charge in [0.05, 0.1) is 18.2 Å². The van der Waals surface area contributed by atoms with Gasteiger partial charge in [-0.2, -0.15) is 0 Å². The average molecular weight is 310 g/mol. The third-order valence-corrected chi connectivity index (χ3v) is 3.90. The van der Waals surface area contributed by atoms with Gasteiger partial charge in [-0.3, -0.25) is 0 Å². The van der Waals surface area contributed by atoms with Crippen molar-refractivity contribution in [3.05, 3.63) is 63.1 Å². The standard InChI is InChI=1S/C16H17Cl2NO/c1-10-4-6-11(7-5-10)16(19-2)12-8-14(18)15(20-3)9-13(12)17/h4-9,16,19H,1-3H3. The van der Waals surface area contributed by atoms with Crippen LogP contribution in [0.2, 0.25) is 10.0 Å². The van der Waals surface area contributed by atoms with Gasteiger partial charge in [0, 0.05) is 11.1 Å². The van der Waals surface area contributed by atoms with E-state index >= 15 is 0 Å². The van der Waals surface area contributed by atoms with E-state index in [9.17, 15) is 0 Å². The molecule has 0 amide bonds. The number of nitrogens with one attached hydrogen (secondary N) is 1. The lowest BCUT2D eigenvalue weighted by atomic mass is 9.98. The first-order valence-corrected chi connectivity index (χ1v) is 7.09. The second kappa shape index (κ2) is 6.49. The maximum Gasteiger partial charge on any atom is 0.138 e. The van der Waals surface area contributed by atoms with Crippen LogP contribution in [0.25, 0.3) is 0 Å². The zero-order valence-electron chi connectivity index (χ0n) is 11.7. The van der Waals surface area contributed by atoms with Crippen LogP contribution < -0.4 is 10.1 Å². The highest BCUT2D eigenvalue weighted by Gasteiger charge is 2.17. The van der Waals surface area contributed by atoms with Gasteiger partial charge in [-0.15, -0.1) is 0 Å². The minimum atomic E-state index is -0.00786. The Labute approximate surface area is 129 Å². The fraction of sp³-hybridized carbons (Fsp3) is 0.250. The molecule has 0 fully saturated rings. The minimum absolute atomic E-state index is 0.00786. The van der Waals surface area contributed by atoms with E-state index in [1.807, 2.05) is 13.1 Å². The highest BCUT2D eigenvalue weighted by molar-refractivity contribution is 6.34. The van der Waals surface area contributed by atoms with Crippen LogP contribution in [0.1, 0.15) is 22.7 Å². The Balaban J connectivity index is 2.46. The predicted octanol–water partition coefficient (Wildman–Crippen LogP) is 4.62. The third-order valence-electron chi connectivity index (χ3n) is 3.28. The molecule has 0 bridgehead atoms. The van der Waals surface area contributed by atoms with Crippen molar-refractivity contribution in [1.82, 2.24) is 5.32 Å². The quantitative estimate of drug-likeness (QED) is 0.890. The highest BCUT2D eigenvalue weighted by atomic mass is 35.5. The molecule has 106 valence electrons. The number of benzene rings is 2. The van der Waals surface area contributed by atoms with Crippen molar-refractivity contribution >= 4 is 23.2 Å². The first-order valence-electron chi connectivity index (χ1n) is 6.33. The topological polar surface area (TPSA) is 21.3 Å². The van der Waals surface area contributed by atoms with Gasteiger partial charge in [0.2, 0.25) is 0 Å². The molecule has 4 heteroatoms. The van der Waals surface area contributed by atoms with Gasteiger partial charge >= 0.3 is 0 Å². The first kappa shape index (κ1) is 15.2. The summed E-state index contributed by atoms with van der Waals surface area (Å²) in [6.07, 6.45) is 0. The molecule has 20 heavy (non-hydrogen) atoms. The molecule has 1 unspecified atom stereocenters. The van der Waals surface area contributed by atoms with Gasteiger partial charge in [0.1, 0.15) is 5.75 Å². The summed E-state index contributed by atoms with van der Waals surface area (Å²) in [6, 6.07) is 11.9. The molecule has 0 heterocycles. The van der Waals surface area contributed by atoms with E-state index in [1.54, 1.807) is 13.2 Å². The van der Waals surface area contributed by atoms with Gasteiger partial charge < -0.3 is 10.1 Å². The molecule has 0 saturated carbocycles. The Hall–Kier alpha value is -1.22. The van der Waals surface area contributed by atoms with Gasteiger partial charge in [0.25, 0.3) is 0 Å². The molecule has 0 aromatic heterocycles. The van der Waals surface area contributed by atoms with Crippen LogP contribution in [0, 0.1) is 6.92 Å². The van der Waals surface area contributed by atoms with E-state index in [1.165, 1.54) is 5.56 Å². The molecular weight excluding hydrogens is 293 g/mol. The zero-order chi connectivity index (χ0) is 14.7. The van der Waals surface area contributed by atoms with Crippen molar-refractivity contribution in [2.45, 2.75) is 13.0 Å². The molecule has 0 spiro atoms. The van der Waals surface area contributed by atoms with Crippen molar-refractivity contribution in [3.8, 4) is 5.75 Å². The summed E-state index contributed by atoms with van der Waals surface area (Å²) in [5.41, 5.74) is 3.30. The lowest BCUT2D eigenvalue weighted by molar-refractivity contribution is 0.415. The number of hydrogen-bond acceptors (Lipinski definition) is 2. The number of ether oxygens (including phenoxy) is 1. The summed E-state index contributed by atoms with van der Waals surface area (Å²) in [5.74, 6) is 0.583. The predicted molar refractivity (Wildman–Crippen MR) is 85.1 cm³/mol. The second-order valence-corrected chi connectivity index (χ2v) is 5.46. The minimum Gasteiger partial charge on any atom is -0.495 e. The normalized spacial score (nSPS) is 12.2. The van der Waals surface area contributed by atoms with Crippen molar-refractivity contribution in [1.29, 1.82) is 0 Å². The summed E-state index contributed by atoms with van der Waals surface area (Å²) < 4.78 is 5.18. The van der Waals surface area contributed by atoms with Crippen molar-refractivity contribution in [3.63, 3.8) is 0 Å². The molecule has 0 aliphatic heterocycles. The molecule has 0 radical (unpaired) electrons. The fourth-order valence-corrected chi connectivity index (χ4v) is 2.69. The van der Waals surface area contributed by atoms with E-state index in [4.69, 9.17) is 27.9 Å². The number of rotatable bonds is 4. The summed E-state index contributed by atoms with van der Waals surface area (Å²) in [6.45, 7) is 2.06. The largest absolute Gasteiger partial charge is 0.495 e. The summed E-state index contributed by atoms with van der Waals surface area (Å²) in [5, 5.41) is 4.46. The van der Waals surface area contributed by atoms with Crippen LogP contribution in [-0.2, 0) is 0 Å². The number of aryl methyl sites for hydroxylation is 1. The van der Waals surface area contributed by atoms with Gasteiger partial charge in [-0.05, 0) is 31.2 Å². The lowest BCUT2D eigenvalue weighted by Crippen LogP contribution is -2.18. The van der Waals surface area contributed by atoms with Crippen LogP contribution in [0.3, 0.4) is 0 Å². The van der Waals surface area contributed by atoms with Gasteiger partial charge in [-0.1, -0.05) is 53.0 Å². The SMILES string of the molecule is CNC(c1ccc(C)cc1)c1cc(Cl)c(OC)cc1Cl. The second-order valence-electron chi connectivity index (χ2n) is 4.64. The van der Waals surface area contributed by atoms with Crippen LogP contribution in [0.5, 0.6) is 5.75 Å². The van der Waals surface area contributed by atoms with E-state index in [2.05, 4.69) is 36.5 Å². The lowest BCUT2D eigenvalue weighted by Gasteiger charge is -2.20. The van der Waals surface area contributed by atoms with Gasteiger partial charge in [0.15, 0.2) is 0 Å². The molecule has 2 rings (SSSR count). The average Bonchev–Trinajstić information content (AvgIpc) is 2.45. The Bertz CT molecular complexity index is 596. The first-order chi connectivity index (χ1) is 9.56. The number of halogens is 2. The molecule has 2 aromatic carbocycles. The Morgan fingerprint density at radius 3 is 2.25 bits per heavy atom. The van der Waals surface area contributed by atoms with E-state index in [0.717, 1.165) is 11.1 Å². The third kappa shape index (κ3) is 3.09. The maximum atomic E-state index is 6.36.